The number of sulfonamides is 1. The van der Waals surface area contributed by atoms with Crippen LogP contribution in [-0.2, 0) is 20.2 Å². The highest BCUT2D eigenvalue weighted by atomic mass is 32.2. The molecule has 2 aromatic rings. The summed E-state index contributed by atoms with van der Waals surface area (Å²) in [5.74, 6) is 1.07. The smallest absolute Gasteiger partial charge is 0.261 e. The molecule has 172 valence electrons. The van der Waals surface area contributed by atoms with Crippen molar-refractivity contribution in [3.05, 3.63) is 59.7 Å². The lowest BCUT2D eigenvalue weighted by Crippen LogP contribution is -2.38. The van der Waals surface area contributed by atoms with Crippen LogP contribution in [0.2, 0.25) is 0 Å². The van der Waals surface area contributed by atoms with Gasteiger partial charge in [0.2, 0.25) is 5.91 Å². The summed E-state index contributed by atoms with van der Waals surface area (Å²) in [4.78, 5) is 13.2. The molecule has 5 nitrogen and oxygen atoms in total. The molecule has 2 aromatic carbocycles. The number of nitrogens with one attached hydrogen (secondary N) is 2. The third kappa shape index (κ3) is 5.01. The quantitative estimate of drug-likeness (QED) is 0.565. The van der Waals surface area contributed by atoms with Crippen LogP contribution in [0.25, 0.3) is 0 Å². The molecule has 2 fully saturated rings. The molecular weight excluding hydrogens is 420 g/mol. The van der Waals surface area contributed by atoms with Gasteiger partial charge in [0.25, 0.3) is 10.0 Å². The van der Waals surface area contributed by atoms with E-state index in [1.807, 2.05) is 24.3 Å². The van der Waals surface area contributed by atoms with Gasteiger partial charge in [-0.2, -0.15) is 0 Å². The van der Waals surface area contributed by atoms with Gasteiger partial charge in [0.05, 0.1) is 10.3 Å². The van der Waals surface area contributed by atoms with Gasteiger partial charge in [0.15, 0.2) is 0 Å². The molecule has 0 saturated heterocycles. The lowest BCUT2D eigenvalue weighted by atomic mass is 9.88. The first kappa shape index (κ1) is 22.8. The average Bonchev–Trinajstić information content (AvgIpc) is 3.60. The van der Waals surface area contributed by atoms with Gasteiger partial charge in [-0.3, -0.25) is 9.52 Å². The molecule has 0 spiro atoms. The maximum Gasteiger partial charge on any atom is 0.261 e. The van der Waals surface area contributed by atoms with Crippen LogP contribution in [0, 0.1) is 5.92 Å². The average molecular weight is 455 g/mol. The largest absolute Gasteiger partial charge is 0.355 e. The predicted molar refractivity (Wildman–Crippen MR) is 128 cm³/mol. The highest BCUT2D eigenvalue weighted by molar-refractivity contribution is 7.92. The van der Waals surface area contributed by atoms with Gasteiger partial charge in [-0.1, -0.05) is 57.4 Å². The van der Waals surface area contributed by atoms with Crippen LogP contribution in [0.1, 0.15) is 75.8 Å². The molecule has 0 heterocycles. The van der Waals surface area contributed by atoms with Crippen molar-refractivity contribution in [1.82, 2.24) is 5.32 Å². The number of hydrogen-bond donors (Lipinski definition) is 2. The number of hydrogen-bond acceptors (Lipinski definition) is 3. The van der Waals surface area contributed by atoms with E-state index in [1.165, 1.54) is 32.1 Å². The molecule has 2 aliphatic carbocycles. The summed E-state index contributed by atoms with van der Waals surface area (Å²) in [5.41, 5.74) is 2.12. The molecule has 2 aliphatic rings. The van der Waals surface area contributed by atoms with Crippen LogP contribution in [0.4, 0.5) is 5.69 Å². The molecule has 0 radical (unpaired) electrons. The maximum atomic E-state index is 12.9. The van der Waals surface area contributed by atoms with Crippen LogP contribution >= 0.6 is 0 Å². The summed E-state index contributed by atoms with van der Waals surface area (Å²) in [7, 11) is -3.66. The highest BCUT2D eigenvalue weighted by Gasteiger charge is 2.51. The van der Waals surface area contributed by atoms with E-state index < -0.39 is 15.4 Å². The van der Waals surface area contributed by atoms with Crippen LogP contribution < -0.4 is 10.0 Å². The molecule has 2 saturated carbocycles. The minimum absolute atomic E-state index is 0.113. The molecule has 0 atom stereocenters. The number of anilines is 1. The van der Waals surface area contributed by atoms with Crippen LogP contribution in [-0.4, -0.2) is 20.9 Å². The molecule has 0 aliphatic heterocycles. The monoisotopic (exact) mass is 454 g/mol. The zero-order chi connectivity index (χ0) is 22.8. The first-order valence-corrected chi connectivity index (χ1v) is 13.3. The van der Waals surface area contributed by atoms with Gasteiger partial charge in [-0.05, 0) is 72.9 Å². The number of amides is 1. The third-order valence-corrected chi connectivity index (χ3v) is 8.40. The molecule has 32 heavy (non-hydrogen) atoms. The van der Waals surface area contributed by atoms with E-state index in [4.69, 9.17) is 0 Å². The second-order valence-electron chi connectivity index (χ2n) is 9.70. The van der Waals surface area contributed by atoms with E-state index in [-0.39, 0.29) is 10.8 Å². The normalized spacial score (nSPS) is 18.3. The lowest BCUT2D eigenvalue weighted by molar-refractivity contribution is -0.123. The predicted octanol–water partition coefficient (Wildman–Crippen LogP) is 5.34. The highest BCUT2D eigenvalue weighted by Crippen LogP contribution is 2.48. The number of benzene rings is 2. The second-order valence-corrected chi connectivity index (χ2v) is 11.4. The Labute approximate surface area is 192 Å². The molecule has 1 amide bonds. The Balaban J connectivity index is 1.39. The van der Waals surface area contributed by atoms with Crippen LogP contribution in [0.15, 0.2) is 53.4 Å². The molecule has 6 heteroatoms. The molecule has 2 N–H and O–H groups in total. The van der Waals surface area contributed by atoms with Crippen molar-refractivity contribution < 1.29 is 13.2 Å². The Morgan fingerprint density at radius 3 is 2.16 bits per heavy atom. The van der Waals surface area contributed by atoms with Gasteiger partial charge in [0.1, 0.15) is 0 Å². The van der Waals surface area contributed by atoms with E-state index in [0.717, 1.165) is 30.5 Å². The summed E-state index contributed by atoms with van der Waals surface area (Å²) in [6.45, 7) is 4.92. The molecule has 0 bridgehead atoms. The van der Waals surface area contributed by atoms with Crippen molar-refractivity contribution in [2.24, 2.45) is 5.92 Å². The van der Waals surface area contributed by atoms with E-state index in [0.29, 0.717) is 17.5 Å². The van der Waals surface area contributed by atoms with Crippen molar-refractivity contribution in [2.45, 2.75) is 75.0 Å². The Hall–Kier alpha value is -2.34. The van der Waals surface area contributed by atoms with Crippen LogP contribution in [0.5, 0.6) is 0 Å². The topological polar surface area (TPSA) is 75.3 Å². The minimum atomic E-state index is -3.66. The van der Waals surface area contributed by atoms with E-state index in [1.54, 1.807) is 24.3 Å². The zero-order valence-electron chi connectivity index (χ0n) is 19.1. The van der Waals surface area contributed by atoms with Gasteiger partial charge in [0, 0.05) is 12.2 Å². The van der Waals surface area contributed by atoms with Crippen LogP contribution in [0.3, 0.4) is 0 Å². The Kier molecular flexibility index (Phi) is 6.61. The lowest BCUT2D eigenvalue weighted by Gasteiger charge is -2.23. The minimum Gasteiger partial charge on any atom is -0.355 e. The van der Waals surface area contributed by atoms with Crippen molar-refractivity contribution in [2.75, 3.05) is 11.3 Å². The fourth-order valence-electron chi connectivity index (χ4n) is 4.67. The van der Waals surface area contributed by atoms with Crippen molar-refractivity contribution in [1.29, 1.82) is 0 Å². The van der Waals surface area contributed by atoms with Crippen molar-refractivity contribution in [3.8, 4) is 0 Å². The number of carbonyl (C=O) groups is 1. The summed E-state index contributed by atoms with van der Waals surface area (Å²) in [6, 6.07) is 14.3. The van der Waals surface area contributed by atoms with E-state index >= 15 is 0 Å². The summed E-state index contributed by atoms with van der Waals surface area (Å²) >= 11 is 0. The fourth-order valence-corrected chi connectivity index (χ4v) is 5.73. The summed E-state index contributed by atoms with van der Waals surface area (Å²) < 4.78 is 28.1. The van der Waals surface area contributed by atoms with Gasteiger partial charge >= 0.3 is 0 Å². The van der Waals surface area contributed by atoms with Gasteiger partial charge in [-0.15, -0.1) is 0 Å². The molecule has 0 aromatic heterocycles. The van der Waals surface area contributed by atoms with Crippen molar-refractivity contribution in [3.63, 3.8) is 0 Å². The summed E-state index contributed by atoms with van der Waals surface area (Å²) in [6.07, 6.45) is 7.96. The maximum absolute atomic E-state index is 12.9. The Bertz CT molecular complexity index is 1030. The Morgan fingerprint density at radius 2 is 1.59 bits per heavy atom. The molecule has 0 unspecified atom stereocenters. The van der Waals surface area contributed by atoms with Gasteiger partial charge < -0.3 is 5.32 Å². The van der Waals surface area contributed by atoms with E-state index in [9.17, 15) is 13.2 Å². The van der Waals surface area contributed by atoms with Gasteiger partial charge in [-0.25, -0.2) is 8.42 Å². The van der Waals surface area contributed by atoms with Crippen molar-refractivity contribution >= 4 is 21.6 Å². The molecular formula is C26H34N2O3S. The first-order valence-electron chi connectivity index (χ1n) is 11.8. The number of rotatable bonds is 8. The second kappa shape index (κ2) is 9.26. The molecule has 4 rings (SSSR count). The Morgan fingerprint density at radius 1 is 0.969 bits per heavy atom. The first-order chi connectivity index (χ1) is 15.3. The fraction of sp³-hybridized carbons (Fsp3) is 0.500. The third-order valence-electron chi connectivity index (χ3n) is 7.01. The SMILES string of the molecule is CC(C)c1ccc(S(=O)(=O)Nc2ccc(C3(C(=O)NCC4CCCCC4)CC3)cc2)cc1. The number of carbonyl (C=O) groups excluding carboxylic acids is 1. The standard InChI is InChI=1S/C26H34N2O3S/c1-19(2)21-8-14-24(15-9-21)32(30,31)28-23-12-10-22(11-13-23)26(16-17-26)25(29)27-18-20-6-4-3-5-7-20/h8-15,19-20,28H,3-7,16-18H2,1-2H3,(H,27,29). The summed E-state index contributed by atoms with van der Waals surface area (Å²) in [5, 5.41) is 3.19. The zero-order valence-corrected chi connectivity index (χ0v) is 19.9. The van der Waals surface area contributed by atoms with E-state index in [2.05, 4.69) is 23.9 Å².